The van der Waals surface area contributed by atoms with Crippen LogP contribution in [0.25, 0.3) is 0 Å². The van der Waals surface area contributed by atoms with Crippen molar-refractivity contribution in [2.24, 2.45) is 0 Å². The number of hydrogen-bond donors (Lipinski definition) is 0. The zero-order chi connectivity index (χ0) is 15.0. The maximum Gasteiger partial charge on any atom is 0.416 e. The SMILES string of the molecule is O=C(c1cccc(C(F)(F)F)c1)C1CSc2ccccc21. The minimum Gasteiger partial charge on any atom is -0.293 e. The van der Waals surface area contributed by atoms with E-state index in [0.29, 0.717) is 5.75 Å². The van der Waals surface area contributed by atoms with Gasteiger partial charge in [0.05, 0.1) is 11.5 Å². The van der Waals surface area contributed by atoms with Gasteiger partial charge in [0.2, 0.25) is 0 Å². The van der Waals surface area contributed by atoms with Crippen LogP contribution in [0.1, 0.15) is 27.4 Å². The Kier molecular flexibility index (Phi) is 3.53. The molecule has 0 saturated carbocycles. The molecule has 1 heterocycles. The quantitative estimate of drug-likeness (QED) is 0.743. The van der Waals surface area contributed by atoms with Gasteiger partial charge in [-0.25, -0.2) is 0 Å². The number of thioether (sulfide) groups is 1. The molecule has 1 unspecified atom stereocenters. The fourth-order valence-corrected chi connectivity index (χ4v) is 3.66. The Hall–Kier alpha value is -1.75. The number of halogens is 3. The smallest absolute Gasteiger partial charge is 0.293 e. The van der Waals surface area contributed by atoms with Crippen LogP contribution in [0.3, 0.4) is 0 Å². The number of rotatable bonds is 2. The van der Waals surface area contributed by atoms with E-state index in [4.69, 9.17) is 0 Å². The number of fused-ring (bicyclic) bond motifs is 1. The van der Waals surface area contributed by atoms with Crippen LogP contribution < -0.4 is 0 Å². The van der Waals surface area contributed by atoms with Gasteiger partial charge in [-0.15, -0.1) is 11.8 Å². The largest absolute Gasteiger partial charge is 0.416 e. The molecule has 0 fully saturated rings. The molecule has 0 radical (unpaired) electrons. The van der Waals surface area contributed by atoms with Crippen molar-refractivity contribution in [2.45, 2.75) is 17.0 Å². The van der Waals surface area contributed by atoms with Crippen LogP contribution in [0.5, 0.6) is 0 Å². The van der Waals surface area contributed by atoms with Crippen LogP contribution in [-0.2, 0) is 6.18 Å². The Morgan fingerprint density at radius 2 is 1.86 bits per heavy atom. The highest BCUT2D eigenvalue weighted by Gasteiger charge is 2.33. The van der Waals surface area contributed by atoms with Crippen LogP contribution in [0.15, 0.2) is 53.4 Å². The standard InChI is InChI=1S/C16H11F3OS/c17-16(18,19)11-5-3-4-10(8-11)15(20)13-9-21-14-7-2-1-6-12(13)14/h1-8,13H,9H2. The zero-order valence-electron chi connectivity index (χ0n) is 10.9. The van der Waals surface area contributed by atoms with Crippen molar-refractivity contribution in [1.29, 1.82) is 0 Å². The maximum atomic E-state index is 12.7. The number of hydrogen-bond acceptors (Lipinski definition) is 2. The van der Waals surface area contributed by atoms with Crippen molar-refractivity contribution < 1.29 is 18.0 Å². The molecule has 0 saturated heterocycles. The molecule has 1 aliphatic heterocycles. The van der Waals surface area contributed by atoms with Crippen molar-refractivity contribution in [3.8, 4) is 0 Å². The number of Topliss-reactive ketones (excluding diaryl/α,β-unsaturated/α-hetero) is 1. The fourth-order valence-electron chi connectivity index (χ4n) is 2.43. The molecule has 3 rings (SSSR count). The molecule has 21 heavy (non-hydrogen) atoms. The second kappa shape index (κ2) is 5.22. The van der Waals surface area contributed by atoms with E-state index in [1.54, 1.807) is 11.8 Å². The molecule has 2 aromatic rings. The van der Waals surface area contributed by atoms with E-state index in [1.165, 1.54) is 12.1 Å². The second-order valence-electron chi connectivity index (χ2n) is 4.84. The summed E-state index contributed by atoms with van der Waals surface area (Å²) in [5, 5.41) is 0. The first-order valence-electron chi connectivity index (χ1n) is 6.40. The molecular formula is C16H11F3OS. The highest BCUT2D eigenvalue weighted by molar-refractivity contribution is 7.99. The first-order valence-corrected chi connectivity index (χ1v) is 7.38. The third kappa shape index (κ3) is 2.70. The number of ketones is 1. The van der Waals surface area contributed by atoms with E-state index in [0.717, 1.165) is 22.6 Å². The van der Waals surface area contributed by atoms with Gasteiger partial charge in [0, 0.05) is 16.2 Å². The van der Waals surface area contributed by atoms with Gasteiger partial charge in [-0.05, 0) is 23.8 Å². The molecule has 5 heteroatoms. The Bertz CT molecular complexity index is 694. The molecule has 0 amide bonds. The van der Waals surface area contributed by atoms with Crippen LogP contribution in [0, 0.1) is 0 Å². The summed E-state index contributed by atoms with van der Waals surface area (Å²) in [6.07, 6.45) is -4.43. The molecule has 0 spiro atoms. The van der Waals surface area contributed by atoms with E-state index in [-0.39, 0.29) is 17.3 Å². The van der Waals surface area contributed by atoms with Crippen molar-refractivity contribution in [1.82, 2.24) is 0 Å². The topological polar surface area (TPSA) is 17.1 Å². The summed E-state index contributed by atoms with van der Waals surface area (Å²) in [4.78, 5) is 13.5. The molecule has 0 N–H and O–H groups in total. The van der Waals surface area contributed by atoms with Crippen molar-refractivity contribution in [2.75, 3.05) is 5.75 Å². The number of carbonyl (C=O) groups excluding carboxylic acids is 1. The van der Waals surface area contributed by atoms with Gasteiger partial charge in [-0.1, -0.05) is 30.3 Å². The third-order valence-corrected chi connectivity index (χ3v) is 4.67. The monoisotopic (exact) mass is 308 g/mol. The van der Waals surface area contributed by atoms with Gasteiger partial charge in [0.1, 0.15) is 0 Å². The molecule has 1 nitrogen and oxygen atoms in total. The lowest BCUT2D eigenvalue weighted by Gasteiger charge is -2.12. The van der Waals surface area contributed by atoms with E-state index >= 15 is 0 Å². The molecular weight excluding hydrogens is 297 g/mol. The number of carbonyl (C=O) groups is 1. The minimum absolute atomic E-state index is 0.118. The summed E-state index contributed by atoms with van der Waals surface area (Å²) in [7, 11) is 0. The number of alkyl halides is 3. The number of benzene rings is 2. The van der Waals surface area contributed by atoms with Crippen LogP contribution in [-0.4, -0.2) is 11.5 Å². The minimum atomic E-state index is -4.43. The first kappa shape index (κ1) is 14.2. The molecule has 108 valence electrons. The van der Waals surface area contributed by atoms with Gasteiger partial charge in [-0.3, -0.25) is 4.79 Å². The lowest BCUT2D eigenvalue weighted by Crippen LogP contribution is -2.14. The predicted octanol–water partition coefficient (Wildman–Crippen LogP) is 4.78. The Balaban J connectivity index is 1.94. The Morgan fingerprint density at radius 3 is 2.62 bits per heavy atom. The van der Waals surface area contributed by atoms with Gasteiger partial charge in [0.25, 0.3) is 0 Å². The predicted molar refractivity (Wildman–Crippen MR) is 75.7 cm³/mol. The zero-order valence-corrected chi connectivity index (χ0v) is 11.7. The molecule has 0 bridgehead atoms. The van der Waals surface area contributed by atoms with Gasteiger partial charge >= 0.3 is 6.18 Å². The average Bonchev–Trinajstić information content (AvgIpc) is 2.90. The molecule has 0 aliphatic carbocycles. The van der Waals surface area contributed by atoms with Crippen molar-refractivity contribution >= 4 is 17.5 Å². The van der Waals surface area contributed by atoms with E-state index in [1.807, 2.05) is 24.3 Å². The second-order valence-corrected chi connectivity index (χ2v) is 5.91. The van der Waals surface area contributed by atoms with E-state index in [2.05, 4.69) is 0 Å². The van der Waals surface area contributed by atoms with Crippen LogP contribution in [0.4, 0.5) is 13.2 Å². The summed E-state index contributed by atoms with van der Waals surface area (Å²) in [6, 6.07) is 12.2. The molecule has 1 aliphatic rings. The lowest BCUT2D eigenvalue weighted by molar-refractivity contribution is -0.137. The van der Waals surface area contributed by atoms with Crippen molar-refractivity contribution in [3.63, 3.8) is 0 Å². The summed E-state index contributed by atoms with van der Waals surface area (Å²) >= 11 is 1.57. The van der Waals surface area contributed by atoms with E-state index < -0.39 is 11.7 Å². The normalized spacial score (nSPS) is 17.6. The van der Waals surface area contributed by atoms with Crippen LogP contribution in [0.2, 0.25) is 0 Å². The van der Waals surface area contributed by atoms with Gasteiger partial charge in [0.15, 0.2) is 5.78 Å². The van der Waals surface area contributed by atoms with Gasteiger partial charge < -0.3 is 0 Å². The Morgan fingerprint density at radius 1 is 1.10 bits per heavy atom. The lowest BCUT2D eigenvalue weighted by atomic mass is 9.92. The summed E-state index contributed by atoms with van der Waals surface area (Å²) in [5.74, 6) is -0.0396. The first-order chi connectivity index (χ1) is 9.97. The molecule has 2 aromatic carbocycles. The summed E-state index contributed by atoms with van der Waals surface area (Å²) < 4.78 is 38.2. The summed E-state index contributed by atoms with van der Waals surface area (Å²) in [5.41, 5.74) is 0.240. The highest BCUT2D eigenvalue weighted by atomic mass is 32.2. The molecule has 0 aromatic heterocycles. The summed E-state index contributed by atoms with van der Waals surface area (Å²) in [6.45, 7) is 0. The van der Waals surface area contributed by atoms with Crippen molar-refractivity contribution in [3.05, 3.63) is 65.2 Å². The maximum absolute atomic E-state index is 12.7. The highest BCUT2D eigenvalue weighted by Crippen LogP contribution is 2.41. The fraction of sp³-hybridized carbons (Fsp3) is 0.188. The van der Waals surface area contributed by atoms with Gasteiger partial charge in [-0.2, -0.15) is 13.2 Å². The molecule has 1 atom stereocenters. The third-order valence-electron chi connectivity index (χ3n) is 3.49. The van der Waals surface area contributed by atoms with Crippen LogP contribution >= 0.6 is 11.8 Å². The van der Waals surface area contributed by atoms with E-state index in [9.17, 15) is 18.0 Å². The average molecular weight is 308 g/mol. The Labute approximate surface area is 124 Å².